The standard InChI is InChI=1S/C14H16N2O/c1-17-16-10-13(11-6-8-15-9-7-11)12-4-2-3-5-14(12)16/h2-6,10,15H,7-9H2,1H3. The molecule has 0 radical (unpaired) electrons. The molecule has 3 rings (SSSR count). The van der Waals surface area contributed by atoms with Gasteiger partial charge < -0.3 is 10.2 Å². The first-order valence-electron chi connectivity index (χ1n) is 5.95. The van der Waals surface area contributed by atoms with Crippen LogP contribution in [0.2, 0.25) is 0 Å². The van der Waals surface area contributed by atoms with Crippen LogP contribution >= 0.6 is 0 Å². The van der Waals surface area contributed by atoms with Crippen LogP contribution in [0.4, 0.5) is 0 Å². The second-order valence-corrected chi connectivity index (χ2v) is 4.25. The monoisotopic (exact) mass is 228 g/mol. The van der Waals surface area contributed by atoms with Crippen LogP contribution in [-0.2, 0) is 0 Å². The molecule has 1 aromatic carbocycles. The van der Waals surface area contributed by atoms with Crippen LogP contribution < -0.4 is 10.2 Å². The first-order chi connectivity index (χ1) is 8.40. The van der Waals surface area contributed by atoms with Crippen LogP contribution in [0.5, 0.6) is 0 Å². The molecule has 0 fully saturated rings. The van der Waals surface area contributed by atoms with Gasteiger partial charge in [-0.15, -0.1) is 0 Å². The highest BCUT2D eigenvalue weighted by molar-refractivity contribution is 5.93. The second-order valence-electron chi connectivity index (χ2n) is 4.25. The Kier molecular flexibility index (Phi) is 2.61. The van der Waals surface area contributed by atoms with Crippen LogP contribution in [-0.4, -0.2) is 24.9 Å². The lowest BCUT2D eigenvalue weighted by Crippen LogP contribution is -2.19. The predicted octanol–water partition coefficient (Wildman–Crippen LogP) is 2.08. The highest BCUT2D eigenvalue weighted by atomic mass is 16.6. The smallest absolute Gasteiger partial charge is 0.104 e. The first-order valence-corrected chi connectivity index (χ1v) is 5.95. The third kappa shape index (κ3) is 1.72. The maximum atomic E-state index is 5.37. The molecule has 1 aliphatic heterocycles. The Morgan fingerprint density at radius 1 is 1.29 bits per heavy atom. The molecule has 17 heavy (non-hydrogen) atoms. The summed E-state index contributed by atoms with van der Waals surface area (Å²) in [4.78, 5) is 5.37. The van der Waals surface area contributed by atoms with Gasteiger partial charge in [0, 0.05) is 17.5 Å². The van der Waals surface area contributed by atoms with Crippen molar-refractivity contribution in [2.24, 2.45) is 0 Å². The maximum Gasteiger partial charge on any atom is 0.104 e. The van der Waals surface area contributed by atoms with E-state index in [9.17, 15) is 0 Å². The van der Waals surface area contributed by atoms with Gasteiger partial charge in [-0.2, -0.15) is 4.73 Å². The minimum Gasteiger partial charge on any atom is -0.417 e. The molecule has 0 spiro atoms. The summed E-state index contributed by atoms with van der Waals surface area (Å²) in [5.74, 6) is 0. The zero-order valence-electron chi connectivity index (χ0n) is 9.94. The Balaban J connectivity index is 2.19. The van der Waals surface area contributed by atoms with E-state index in [1.54, 1.807) is 7.11 Å². The molecule has 0 unspecified atom stereocenters. The molecule has 0 bridgehead atoms. The van der Waals surface area contributed by atoms with E-state index in [-0.39, 0.29) is 0 Å². The average molecular weight is 228 g/mol. The summed E-state index contributed by atoms with van der Waals surface area (Å²) in [5.41, 5.74) is 3.84. The van der Waals surface area contributed by atoms with Crippen LogP contribution in [0.1, 0.15) is 12.0 Å². The first kappa shape index (κ1) is 10.4. The van der Waals surface area contributed by atoms with Crippen molar-refractivity contribution in [3.63, 3.8) is 0 Å². The quantitative estimate of drug-likeness (QED) is 0.851. The fourth-order valence-electron chi connectivity index (χ4n) is 2.42. The van der Waals surface area contributed by atoms with Crippen molar-refractivity contribution in [3.05, 3.63) is 42.1 Å². The normalized spacial score (nSPS) is 15.9. The fourth-order valence-corrected chi connectivity index (χ4v) is 2.42. The van der Waals surface area contributed by atoms with Gasteiger partial charge in [-0.3, -0.25) is 0 Å². The van der Waals surface area contributed by atoms with Gasteiger partial charge >= 0.3 is 0 Å². The van der Waals surface area contributed by atoms with Gasteiger partial charge in [0.05, 0.1) is 11.7 Å². The van der Waals surface area contributed by atoms with E-state index in [0.29, 0.717) is 0 Å². The molecular formula is C14H16N2O. The molecule has 3 nitrogen and oxygen atoms in total. The molecule has 0 amide bonds. The van der Waals surface area contributed by atoms with E-state index in [0.717, 1.165) is 25.0 Å². The second kappa shape index (κ2) is 4.26. The number of benzene rings is 1. The molecular weight excluding hydrogens is 212 g/mol. The lowest BCUT2D eigenvalue weighted by Gasteiger charge is -2.13. The van der Waals surface area contributed by atoms with Crippen LogP contribution in [0.25, 0.3) is 16.5 Å². The van der Waals surface area contributed by atoms with Crippen molar-refractivity contribution in [3.8, 4) is 0 Å². The van der Waals surface area contributed by atoms with Crippen molar-refractivity contribution < 1.29 is 4.84 Å². The van der Waals surface area contributed by atoms with Gasteiger partial charge in [0.25, 0.3) is 0 Å². The van der Waals surface area contributed by atoms with E-state index < -0.39 is 0 Å². The SMILES string of the molecule is COn1cc(C2=CCNCC2)c2ccccc21. The van der Waals surface area contributed by atoms with Crippen molar-refractivity contribution >= 4 is 16.5 Å². The molecule has 2 aromatic rings. The van der Waals surface area contributed by atoms with Gasteiger partial charge in [-0.05, 0) is 24.6 Å². The number of aromatic nitrogens is 1. The Bertz CT molecular complexity index is 569. The number of rotatable bonds is 2. The summed E-state index contributed by atoms with van der Waals surface area (Å²) in [5, 5.41) is 4.61. The number of hydrogen-bond donors (Lipinski definition) is 1. The third-order valence-electron chi connectivity index (χ3n) is 3.28. The molecule has 0 atom stereocenters. The van der Waals surface area contributed by atoms with Gasteiger partial charge in [0.1, 0.15) is 7.11 Å². The largest absolute Gasteiger partial charge is 0.417 e. The van der Waals surface area contributed by atoms with E-state index in [1.165, 1.54) is 16.5 Å². The van der Waals surface area contributed by atoms with Gasteiger partial charge in [-0.1, -0.05) is 24.3 Å². The van der Waals surface area contributed by atoms with Crippen LogP contribution in [0.15, 0.2) is 36.5 Å². The number of hydrogen-bond acceptors (Lipinski definition) is 2. The summed E-state index contributed by atoms with van der Waals surface area (Å²) < 4.78 is 1.84. The Morgan fingerprint density at radius 3 is 2.94 bits per heavy atom. The predicted molar refractivity (Wildman–Crippen MR) is 69.9 cm³/mol. The summed E-state index contributed by atoms with van der Waals surface area (Å²) in [6.45, 7) is 2.01. The topological polar surface area (TPSA) is 26.2 Å². The summed E-state index contributed by atoms with van der Waals surface area (Å²) in [7, 11) is 1.70. The number of para-hydroxylation sites is 1. The summed E-state index contributed by atoms with van der Waals surface area (Å²) in [6.07, 6.45) is 5.44. The molecule has 1 aliphatic rings. The average Bonchev–Trinajstić information content (AvgIpc) is 2.78. The van der Waals surface area contributed by atoms with Gasteiger partial charge in [0.2, 0.25) is 0 Å². The van der Waals surface area contributed by atoms with Crippen LogP contribution in [0, 0.1) is 0 Å². The number of fused-ring (bicyclic) bond motifs is 1. The zero-order chi connectivity index (χ0) is 11.7. The maximum absolute atomic E-state index is 5.37. The Hall–Kier alpha value is -1.74. The molecule has 3 heteroatoms. The Labute approximate surface area is 101 Å². The van der Waals surface area contributed by atoms with Crippen molar-refractivity contribution in [1.82, 2.24) is 10.0 Å². The highest BCUT2D eigenvalue weighted by Crippen LogP contribution is 2.29. The van der Waals surface area contributed by atoms with Crippen LogP contribution in [0.3, 0.4) is 0 Å². The number of nitrogens with one attached hydrogen (secondary N) is 1. The molecule has 2 heterocycles. The molecule has 0 saturated heterocycles. The van der Waals surface area contributed by atoms with Crippen molar-refractivity contribution in [1.29, 1.82) is 0 Å². The number of nitrogens with zero attached hydrogens (tertiary/aromatic N) is 1. The molecule has 1 aromatic heterocycles. The van der Waals surface area contributed by atoms with Gasteiger partial charge in [0.15, 0.2) is 0 Å². The summed E-state index contributed by atoms with van der Waals surface area (Å²) >= 11 is 0. The van der Waals surface area contributed by atoms with Gasteiger partial charge in [-0.25, -0.2) is 0 Å². The van der Waals surface area contributed by atoms with E-state index >= 15 is 0 Å². The molecule has 88 valence electrons. The molecule has 0 saturated carbocycles. The van der Waals surface area contributed by atoms with E-state index in [2.05, 4.69) is 35.8 Å². The molecule has 1 N–H and O–H groups in total. The lowest BCUT2D eigenvalue weighted by molar-refractivity contribution is 0.179. The van der Waals surface area contributed by atoms with Crippen molar-refractivity contribution in [2.75, 3.05) is 20.2 Å². The highest BCUT2D eigenvalue weighted by Gasteiger charge is 2.13. The Morgan fingerprint density at radius 2 is 2.18 bits per heavy atom. The lowest BCUT2D eigenvalue weighted by atomic mass is 10.00. The fraction of sp³-hybridized carbons (Fsp3) is 0.286. The minimum atomic E-state index is 0.960. The molecule has 0 aliphatic carbocycles. The summed E-state index contributed by atoms with van der Waals surface area (Å²) in [6, 6.07) is 8.36. The third-order valence-corrected chi connectivity index (χ3v) is 3.28. The zero-order valence-corrected chi connectivity index (χ0v) is 9.94. The van der Waals surface area contributed by atoms with E-state index in [1.807, 2.05) is 10.8 Å². The minimum absolute atomic E-state index is 0.960. The van der Waals surface area contributed by atoms with E-state index in [4.69, 9.17) is 4.84 Å². The van der Waals surface area contributed by atoms with Crippen molar-refractivity contribution in [2.45, 2.75) is 6.42 Å².